The highest BCUT2D eigenvalue weighted by Gasteiger charge is 2.23. The van der Waals surface area contributed by atoms with Crippen LogP contribution in [0.4, 0.5) is 0 Å². The number of aldehydes is 1. The summed E-state index contributed by atoms with van der Waals surface area (Å²) < 4.78 is 10.9. The van der Waals surface area contributed by atoms with Gasteiger partial charge >= 0.3 is 0 Å². The minimum absolute atomic E-state index is 0.0158. The third-order valence-electron chi connectivity index (χ3n) is 2.77. The van der Waals surface area contributed by atoms with Crippen LogP contribution in [0.5, 0.6) is 0 Å². The van der Waals surface area contributed by atoms with Crippen LogP contribution in [0.15, 0.2) is 0 Å². The zero-order chi connectivity index (χ0) is 15.6. The van der Waals surface area contributed by atoms with Gasteiger partial charge in [0.2, 0.25) is 5.91 Å². The van der Waals surface area contributed by atoms with Crippen molar-refractivity contribution < 1.29 is 19.1 Å². The Balaban J connectivity index is 3.95. The second kappa shape index (κ2) is 9.08. The van der Waals surface area contributed by atoms with Crippen molar-refractivity contribution in [2.24, 2.45) is 10.8 Å². The minimum Gasteiger partial charge on any atom is -0.384 e. The van der Waals surface area contributed by atoms with Crippen LogP contribution in [0.2, 0.25) is 0 Å². The Morgan fingerprint density at radius 2 is 1.70 bits per heavy atom. The summed E-state index contributed by atoms with van der Waals surface area (Å²) in [6.07, 6.45) is 1.28. The number of nitrogens with one attached hydrogen (secondary N) is 1. The maximum absolute atomic E-state index is 11.4. The highest BCUT2D eigenvalue weighted by atomic mass is 16.5. The van der Waals surface area contributed by atoms with Crippen LogP contribution in [0, 0.1) is 10.8 Å². The number of ether oxygens (including phenoxy) is 2. The Kier molecular flexibility index (Phi) is 8.65. The molecule has 5 nitrogen and oxygen atoms in total. The van der Waals surface area contributed by atoms with Gasteiger partial charge in [-0.25, -0.2) is 0 Å². The molecule has 0 rings (SSSR count). The van der Waals surface area contributed by atoms with Gasteiger partial charge in [0.1, 0.15) is 6.29 Å². The molecule has 0 aromatic rings. The van der Waals surface area contributed by atoms with Gasteiger partial charge in [-0.2, -0.15) is 0 Å². The first-order valence-electron chi connectivity index (χ1n) is 6.99. The van der Waals surface area contributed by atoms with Crippen LogP contribution in [0.1, 0.15) is 40.5 Å². The van der Waals surface area contributed by atoms with Gasteiger partial charge in [-0.1, -0.05) is 27.7 Å². The van der Waals surface area contributed by atoms with E-state index in [1.54, 1.807) is 7.11 Å². The molecule has 0 aromatic heterocycles. The van der Waals surface area contributed by atoms with E-state index in [4.69, 9.17) is 9.47 Å². The smallest absolute Gasteiger partial charge is 0.220 e. The van der Waals surface area contributed by atoms with Crippen LogP contribution >= 0.6 is 0 Å². The molecule has 0 unspecified atom stereocenters. The molecular weight excluding hydrogens is 258 g/mol. The maximum Gasteiger partial charge on any atom is 0.220 e. The van der Waals surface area contributed by atoms with Gasteiger partial charge in [0.05, 0.1) is 19.8 Å². The zero-order valence-electron chi connectivity index (χ0n) is 13.5. The quantitative estimate of drug-likeness (QED) is 0.589. The predicted octanol–water partition coefficient (Wildman–Crippen LogP) is 1.80. The van der Waals surface area contributed by atoms with Crippen molar-refractivity contribution in [3.05, 3.63) is 0 Å². The van der Waals surface area contributed by atoms with Crippen molar-refractivity contribution in [3.8, 4) is 0 Å². The number of methoxy groups -OCH3 is 1. The molecule has 0 aliphatic heterocycles. The Labute approximate surface area is 122 Å². The lowest BCUT2D eigenvalue weighted by Crippen LogP contribution is -2.37. The Morgan fingerprint density at radius 3 is 2.25 bits per heavy atom. The van der Waals surface area contributed by atoms with Crippen LogP contribution in [0.3, 0.4) is 0 Å². The molecule has 0 atom stereocenters. The molecule has 0 spiro atoms. The van der Waals surface area contributed by atoms with Gasteiger partial charge in [-0.3, -0.25) is 4.79 Å². The SMILES string of the molecule is COCC(C)(C)COCC(C)(C)CNC(=O)CCC=O. The van der Waals surface area contributed by atoms with Gasteiger partial charge in [0.15, 0.2) is 0 Å². The van der Waals surface area contributed by atoms with Gasteiger partial charge in [0.25, 0.3) is 0 Å². The first-order chi connectivity index (χ1) is 9.22. The predicted molar refractivity (Wildman–Crippen MR) is 78.6 cm³/mol. The van der Waals surface area contributed by atoms with Crippen LogP contribution in [-0.4, -0.2) is 45.7 Å². The Hall–Kier alpha value is -0.940. The summed E-state index contributed by atoms with van der Waals surface area (Å²) in [5, 5.41) is 2.83. The number of rotatable bonds is 11. The fourth-order valence-electron chi connectivity index (χ4n) is 1.70. The highest BCUT2D eigenvalue weighted by Crippen LogP contribution is 2.19. The molecule has 5 heteroatoms. The molecule has 20 heavy (non-hydrogen) atoms. The van der Waals surface area contributed by atoms with E-state index in [0.29, 0.717) is 26.4 Å². The summed E-state index contributed by atoms with van der Waals surface area (Å²) in [6.45, 7) is 10.6. The topological polar surface area (TPSA) is 64.6 Å². The monoisotopic (exact) mass is 287 g/mol. The summed E-state index contributed by atoms with van der Waals surface area (Å²) in [5.41, 5.74) is -0.155. The molecule has 118 valence electrons. The maximum atomic E-state index is 11.4. The molecule has 0 radical (unpaired) electrons. The molecule has 0 saturated heterocycles. The zero-order valence-corrected chi connectivity index (χ0v) is 13.5. The van der Waals surface area contributed by atoms with E-state index in [-0.39, 0.29) is 29.6 Å². The highest BCUT2D eigenvalue weighted by molar-refractivity contribution is 5.78. The second-order valence-electron chi connectivity index (χ2n) is 6.74. The molecule has 0 aromatic carbocycles. The van der Waals surface area contributed by atoms with Gasteiger partial charge in [-0.15, -0.1) is 0 Å². The Morgan fingerprint density at radius 1 is 1.10 bits per heavy atom. The molecule has 1 amide bonds. The van der Waals surface area contributed by atoms with Crippen molar-refractivity contribution >= 4 is 12.2 Å². The van der Waals surface area contributed by atoms with E-state index in [0.717, 1.165) is 6.29 Å². The summed E-state index contributed by atoms with van der Waals surface area (Å²) >= 11 is 0. The number of amides is 1. The van der Waals surface area contributed by atoms with Crippen molar-refractivity contribution in [3.63, 3.8) is 0 Å². The lowest BCUT2D eigenvalue weighted by Gasteiger charge is -2.28. The molecule has 0 saturated carbocycles. The lowest BCUT2D eigenvalue weighted by molar-refractivity contribution is -0.123. The average molecular weight is 287 g/mol. The molecule has 0 fully saturated rings. The fraction of sp³-hybridized carbons (Fsp3) is 0.867. The third kappa shape index (κ3) is 9.92. The Bertz CT molecular complexity index is 300. The first-order valence-corrected chi connectivity index (χ1v) is 6.99. The van der Waals surface area contributed by atoms with Gasteiger partial charge in [-0.05, 0) is 0 Å². The van der Waals surface area contributed by atoms with Crippen molar-refractivity contribution in [2.75, 3.05) is 33.5 Å². The lowest BCUT2D eigenvalue weighted by atomic mass is 9.93. The summed E-state index contributed by atoms with van der Waals surface area (Å²) in [5.74, 6) is -0.0927. The van der Waals surface area contributed by atoms with Crippen LogP contribution in [0.25, 0.3) is 0 Å². The van der Waals surface area contributed by atoms with Gasteiger partial charge in [0, 0.05) is 37.3 Å². The van der Waals surface area contributed by atoms with E-state index in [2.05, 4.69) is 19.2 Å². The number of hydrogen-bond donors (Lipinski definition) is 1. The van der Waals surface area contributed by atoms with Crippen molar-refractivity contribution in [1.29, 1.82) is 0 Å². The molecule has 0 heterocycles. The van der Waals surface area contributed by atoms with E-state index >= 15 is 0 Å². The molecule has 1 N–H and O–H groups in total. The standard InChI is InChI=1S/C15H29NO4/c1-14(2,9-16-13(18)7-6-8-17)11-20-12-15(3,4)10-19-5/h8H,6-7,9-12H2,1-5H3,(H,16,18). The molecule has 0 bridgehead atoms. The van der Waals surface area contributed by atoms with E-state index in [9.17, 15) is 9.59 Å². The van der Waals surface area contributed by atoms with E-state index in [1.807, 2.05) is 13.8 Å². The van der Waals surface area contributed by atoms with Crippen LogP contribution in [-0.2, 0) is 19.1 Å². The normalized spacial score (nSPS) is 12.2. The number of hydrogen-bond acceptors (Lipinski definition) is 4. The summed E-state index contributed by atoms with van der Waals surface area (Å²) in [6, 6.07) is 0. The molecule has 0 aliphatic rings. The van der Waals surface area contributed by atoms with Crippen LogP contribution < -0.4 is 5.32 Å². The van der Waals surface area contributed by atoms with Crippen molar-refractivity contribution in [1.82, 2.24) is 5.32 Å². The van der Waals surface area contributed by atoms with E-state index in [1.165, 1.54) is 0 Å². The van der Waals surface area contributed by atoms with E-state index < -0.39 is 0 Å². The second-order valence-corrected chi connectivity index (χ2v) is 6.74. The first kappa shape index (κ1) is 19.1. The third-order valence-corrected chi connectivity index (χ3v) is 2.77. The average Bonchev–Trinajstić information content (AvgIpc) is 2.33. The van der Waals surface area contributed by atoms with Gasteiger partial charge < -0.3 is 19.6 Å². The largest absolute Gasteiger partial charge is 0.384 e. The summed E-state index contributed by atoms with van der Waals surface area (Å²) in [7, 11) is 1.68. The summed E-state index contributed by atoms with van der Waals surface area (Å²) in [4.78, 5) is 21.6. The minimum atomic E-state index is -0.139. The molecular formula is C15H29NO4. The fourth-order valence-corrected chi connectivity index (χ4v) is 1.70. The van der Waals surface area contributed by atoms with Crippen molar-refractivity contribution in [2.45, 2.75) is 40.5 Å². The number of carbonyl (C=O) groups excluding carboxylic acids is 2. The number of carbonyl (C=O) groups is 2. The molecule has 0 aliphatic carbocycles.